The van der Waals surface area contributed by atoms with Crippen LogP contribution in [0.1, 0.15) is 90.9 Å². The van der Waals surface area contributed by atoms with Gasteiger partial charge in [0.2, 0.25) is 5.91 Å². The summed E-state index contributed by atoms with van der Waals surface area (Å²) in [7, 11) is 0. The van der Waals surface area contributed by atoms with Gasteiger partial charge < -0.3 is 5.32 Å². The Morgan fingerprint density at radius 3 is 2.32 bits per heavy atom. The van der Waals surface area contributed by atoms with Crippen LogP contribution in [-0.4, -0.2) is 11.9 Å². The zero-order chi connectivity index (χ0) is 13.9. The molecule has 1 aliphatic carbocycles. The molecule has 1 N–H and O–H groups in total. The lowest BCUT2D eigenvalue weighted by atomic mass is 9.86. The van der Waals surface area contributed by atoms with Crippen LogP contribution >= 0.6 is 0 Å². The van der Waals surface area contributed by atoms with Crippen molar-refractivity contribution in [1.82, 2.24) is 5.32 Å². The predicted molar refractivity (Wildman–Crippen MR) is 82.2 cm³/mol. The average Bonchev–Trinajstić information content (AvgIpc) is 2.40. The Labute approximate surface area is 119 Å². The highest BCUT2D eigenvalue weighted by Gasteiger charge is 2.22. The van der Waals surface area contributed by atoms with Gasteiger partial charge in [-0.1, -0.05) is 65.2 Å². The van der Waals surface area contributed by atoms with E-state index in [1.165, 1.54) is 64.2 Å². The highest BCUT2D eigenvalue weighted by Crippen LogP contribution is 2.23. The van der Waals surface area contributed by atoms with Crippen molar-refractivity contribution in [3.63, 3.8) is 0 Å². The maximum Gasteiger partial charge on any atom is 0.220 e. The van der Waals surface area contributed by atoms with Crippen LogP contribution in [0.5, 0.6) is 0 Å². The van der Waals surface area contributed by atoms with E-state index >= 15 is 0 Å². The van der Waals surface area contributed by atoms with Gasteiger partial charge >= 0.3 is 0 Å². The molecule has 0 radical (unpaired) electrons. The molecule has 1 rings (SSSR count). The Kier molecular flexibility index (Phi) is 8.94. The summed E-state index contributed by atoms with van der Waals surface area (Å²) in [5, 5.41) is 3.24. The first kappa shape index (κ1) is 16.5. The maximum atomic E-state index is 11.9. The molecular formula is C17H33NO. The number of hydrogen-bond donors (Lipinski definition) is 1. The Morgan fingerprint density at radius 2 is 1.63 bits per heavy atom. The van der Waals surface area contributed by atoms with Crippen LogP contribution in [0.4, 0.5) is 0 Å². The van der Waals surface area contributed by atoms with Gasteiger partial charge in [0.05, 0.1) is 0 Å². The molecule has 0 aromatic heterocycles. The fourth-order valence-electron chi connectivity index (χ4n) is 3.05. The third-order valence-corrected chi connectivity index (χ3v) is 4.47. The van der Waals surface area contributed by atoms with Crippen LogP contribution in [0.2, 0.25) is 0 Å². The van der Waals surface area contributed by atoms with Gasteiger partial charge in [-0.15, -0.1) is 0 Å². The summed E-state index contributed by atoms with van der Waals surface area (Å²) in [6.45, 7) is 4.52. The first-order chi connectivity index (χ1) is 9.24. The summed E-state index contributed by atoms with van der Waals surface area (Å²) in [6.07, 6.45) is 14.8. The molecule has 0 aliphatic heterocycles. The lowest BCUT2D eigenvalue weighted by Gasteiger charge is -2.29. The molecule has 0 saturated heterocycles. The molecule has 1 aliphatic rings. The standard InChI is InChI=1S/C17H33NO/c1-3-4-5-6-7-8-9-14-17(19)18-16-13-11-10-12-15(16)2/h15-16H,3-14H2,1-2H3,(H,18,19)/t15-,16+/m0/s1. The van der Waals surface area contributed by atoms with E-state index in [1.54, 1.807) is 0 Å². The first-order valence-electron chi connectivity index (χ1n) is 8.53. The van der Waals surface area contributed by atoms with Gasteiger partial charge in [0.25, 0.3) is 0 Å². The van der Waals surface area contributed by atoms with E-state index in [9.17, 15) is 4.79 Å². The highest BCUT2D eigenvalue weighted by molar-refractivity contribution is 5.76. The molecule has 112 valence electrons. The van der Waals surface area contributed by atoms with Crippen LogP contribution in [0, 0.1) is 5.92 Å². The fourth-order valence-corrected chi connectivity index (χ4v) is 3.05. The van der Waals surface area contributed by atoms with E-state index in [0.717, 1.165) is 12.8 Å². The van der Waals surface area contributed by atoms with E-state index in [0.29, 0.717) is 12.0 Å². The van der Waals surface area contributed by atoms with Crippen molar-refractivity contribution in [2.45, 2.75) is 96.9 Å². The van der Waals surface area contributed by atoms with Crippen molar-refractivity contribution in [3.8, 4) is 0 Å². The minimum Gasteiger partial charge on any atom is -0.353 e. The number of amides is 1. The molecule has 0 aromatic rings. The van der Waals surface area contributed by atoms with Gasteiger partial charge in [0.1, 0.15) is 0 Å². The molecule has 0 heterocycles. The van der Waals surface area contributed by atoms with Crippen molar-refractivity contribution >= 4 is 5.91 Å². The average molecular weight is 267 g/mol. The van der Waals surface area contributed by atoms with E-state index in [2.05, 4.69) is 19.2 Å². The van der Waals surface area contributed by atoms with Crippen molar-refractivity contribution in [2.24, 2.45) is 5.92 Å². The second kappa shape index (κ2) is 10.3. The van der Waals surface area contributed by atoms with Gasteiger partial charge in [-0.2, -0.15) is 0 Å². The SMILES string of the molecule is CCCCCCCCCC(=O)N[C@@H]1CCCC[C@@H]1C. The Hall–Kier alpha value is -0.530. The summed E-state index contributed by atoms with van der Waals surface area (Å²) in [4.78, 5) is 11.9. The number of nitrogens with one attached hydrogen (secondary N) is 1. The molecule has 2 atom stereocenters. The van der Waals surface area contributed by atoms with E-state index < -0.39 is 0 Å². The molecule has 0 spiro atoms. The van der Waals surface area contributed by atoms with Crippen LogP contribution < -0.4 is 5.32 Å². The number of rotatable bonds is 9. The van der Waals surface area contributed by atoms with Crippen molar-refractivity contribution < 1.29 is 4.79 Å². The Morgan fingerprint density at radius 1 is 1.00 bits per heavy atom. The van der Waals surface area contributed by atoms with Crippen molar-refractivity contribution in [2.75, 3.05) is 0 Å². The third-order valence-electron chi connectivity index (χ3n) is 4.47. The maximum absolute atomic E-state index is 11.9. The molecule has 19 heavy (non-hydrogen) atoms. The van der Waals surface area contributed by atoms with E-state index in [1.807, 2.05) is 0 Å². The van der Waals surface area contributed by atoms with Crippen molar-refractivity contribution in [3.05, 3.63) is 0 Å². The third kappa shape index (κ3) is 7.59. The van der Waals surface area contributed by atoms with Crippen LogP contribution in [0.3, 0.4) is 0 Å². The largest absolute Gasteiger partial charge is 0.353 e. The summed E-state index contributed by atoms with van der Waals surface area (Å²) in [5.41, 5.74) is 0. The normalized spacial score (nSPS) is 23.3. The lowest BCUT2D eigenvalue weighted by molar-refractivity contribution is -0.122. The minimum absolute atomic E-state index is 0.285. The number of unbranched alkanes of at least 4 members (excludes halogenated alkanes) is 6. The fraction of sp³-hybridized carbons (Fsp3) is 0.941. The number of carbonyl (C=O) groups is 1. The van der Waals surface area contributed by atoms with E-state index in [-0.39, 0.29) is 5.91 Å². The highest BCUT2D eigenvalue weighted by atomic mass is 16.1. The molecule has 0 aromatic carbocycles. The minimum atomic E-state index is 0.285. The van der Waals surface area contributed by atoms with Crippen molar-refractivity contribution in [1.29, 1.82) is 0 Å². The zero-order valence-corrected chi connectivity index (χ0v) is 13.0. The Balaban J connectivity index is 1.98. The smallest absolute Gasteiger partial charge is 0.220 e. The van der Waals surface area contributed by atoms with Crippen LogP contribution in [0.25, 0.3) is 0 Å². The first-order valence-corrected chi connectivity index (χ1v) is 8.53. The zero-order valence-electron chi connectivity index (χ0n) is 13.0. The molecule has 0 bridgehead atoms. The monoisotopic (exact) mass is 267 g/mol. The second-order valence-electron chi connectivity index (χ2n) is 6.31. The molecule has 1 fully saturated rings. The lowest BCUT2D eigenvalue weighted by Crippen LogP contribution is -2.40. The molecule has 1 saturated carbocycles. The second-order valence-corrected chi connectivity index (χ2v) is 6.31. The molecule has 2 nitrogen and oxygen atoms in total. The number of carbonyl (C=O) groups excluding carboxylic acids is 1. The van der Waals surface area contributed by atoms with E-state index in [4.69, 9.17) is 0 Å². The quantitative estimate of drug-likeness (QED) is 0.596. The molecule has 1 amide bonds. The van der Waals surface area contributed by atoms with Gasteiger partial charge in [0.15, 0.2) is 0 Å². The van der Waals surface area contributed by atoms with Crippen LogP contribution in [-0.2, 0) is 4.79 Å². The van der Waals surface area contributed by atoms with Gasteiger partial charge in [-0.3, -0.25) is 4.79 Å². The summed E-state index contributed by atoms with van der Waals surface area (Å²) in [5.74, 6) is 0.957. The predicted octanol–water partition coefficient (Wildman–Crippen LogP) is 4.82. The molecular weight excluding hydrogens is 234 g/mol. The molecule has 0 unspecified atom stereocenters. The summed E-state index contributed by atoms with van der Waals surface area (Å²) in [6, 6.07) is 0.450. The topological polar surface area (TPSA) is 29.1 Å². The summed E-state index contributed by atoms with van der Waals surface area (Å²) < 4.78 is 0. The van der Waals surface area contributed by atoms with Gasteiger partial charge in [-0.05, 0) is 25.2 Å². The van der Waals surface area contributed by atoms with Gasteiger partial charge in [0, 0.05) is 12.5 Å². The van der Waals surface area contributed by atoms with Crippen LogP contribution in [0.15, 0.2) is 0 Å². The number of hydrogen-bond acceptors (Lipinski definition) is 1. The van der Waals surface area contributed by atoms with Gasteiger partial charge in [-0.25, -0.2) is 0 Å². The summed E-state index contributed by atoms with van der Waals surface area (Å²) >= 11 is 0. The Bertz CT molecular complexity index is 239. The molecule has 2 heteroatoms.